The highest BCUT2D eigenvalue weighted by molar-refractivity contribution is 6.32. The molecule has 0 aliphatic rings. The van der Waals surface area contributed by atoms with E-state index in [9.17, 15) is 4.79 Å². The Morgan fingerprint density at radius 3 is 2.96 bits per heavy atom. The Bertz CT molecular complexity index is 857. The molecule has 3 rings (SSSR count). The molecular weight excluding hydrogens is 324 g/mol. The number of ether oxygens (including phenoxy) is 1. The molecular formula is C19H19ClN2O2. The van der Waals surface area contributed by atoms with Crippen molar-refractivity contribution in [3.05, 3.63) is 64.8 Å². The number of nitrogens with one attached hydrogen (secondary N) is 2. The van der Waals surface area contributed by atoms with Crippen LogP contribution < -0.4 is 10.1 Å². The van der Waals surface area contributed by atoms with Crippen molar-refractivity contribution in [1.82, 2.24) is 10.3 Å². The minimum atomic E-state index is -0.160. The van der Waals surface area contributed by atoms with Crippen molar-refractivity contribution in [3.63, 3.8) is 0 Å². The lowest BCUT2D eigenvalue weighted by Gasteiger charge is -2.09. The molecule has 0 aliphatic heterocycles. The lowest BCUT2D eigenvalue weighted by atomic mass is 10.1. The molecule has 0 spiro atoms. The number of fused-ring (bicyclic) bond motifs is 1. The van der Waals surface area contributed by atoms with Gasteiger partial charge in [-0.05, 0) is 42.7 Å². The number of benzene rings is 2. The SMILES string of the molecule is Cc1ccc(Cl)c(OCC(=O)NCCc2c[nH]c3ccccc23)c1. The van der Waals surface area contributed by atoms with Crippen LogP contribution in [0.5, 0.6) is 5.75 Å². The number of aromatic nitrogens is 1. The van der Waals surface area contributed by atoms with E-state index >= 15 is 0 Å². The molecule has 0 fully saturated rings. The molecule has 2 aromatic carbocycles. The number of halogens is 1. The van der Waals surface area contributed by atoms with E-state index in [2.05, 4.69) is 16.4 Å². The van der Waals surface area contributed by atoms with Gasteiger partial charge in [-0.3, -0.25) is 4.79 Å². The Labute approximate surface area is 145 Å². The van der Waals surface area contributed by atoms with E-state index in [4.69, 9.17) is 16.3 Å². The molecule has 0 atom stereocenters. The molecule has 0 saturated heterocycles. The van der Waals surface area contributed by atoms with Crippen LogP contribution in [-0.2, 0) is 11.2 Å². The molecule has 1 aromatic heterocycles. The van der Waals surface area contributed by atoms with Gasteiger partial charge in [-0.25, -0.2) is 0 Å². The number of hydrogen-bond donors (Lipinski definition) is 2. The summed E-state index contributed by atoms with van der Waals surface area (Å²) in [6.45, 7) is 2.47. The maximum absolute atomic E-state index is 11.9. The molecule has 0 radical (unpaired) electrons. The second-order valence-corrected chi connectivity index (χ2v) is 6.09. The average molecular weight is 343 g/mol. The maximum atomic E-state index is 11.9. The lowest BCUT2D eigenvalue weighted by molar-refractivity contribution is -0.123. The molecule has 3 aromatic rings. The predicted molar refractivity (Wildman–Crippen MR) is 96.7 cm³/mol. The van der Waals surface area contributed by atoms with Crippen LogP contribution in [0.4, 0.5) is 0 Å². The molecule has 0 aliphatic carbocycles. The van der Waals surface area contributed by atoms with Crippen molar-refractivity contribution in [1.29, 1.82) is 0 Å². The Balaban J connectivity index is 1.48. The summed E-state index contributed by atoms with van der Waals surface area (Å²) >= 11 is 6.05. The first kappa shape index (κ1) is 16.4. The first-order valence-corrected chi connectivity index (χ1v) is 8.22. The van der Waals surface area contributed by atoms with E-state index in [0.29, 0.717) is 17.3 Å². The number of aromatic amines is 1. The third-order valence-electron chi connectivity index (χ3n) is 3.84. The van der Waals surface area contributed by atoms with Crippen LogP contribution in [0.3, 0.4) is 0 Å². The molecule has 0 saturated carbocycles. The van der Waals surface area contributed by atoms with Gasteiger partial charge in [-0.1, -0.05) is 35.9 Å². The van der Waals surface area contributed by atoms with Crippen molar-refractivity contribution in [2.75, 3.05) is 13.2 Å². The number of aryl methyl sites for hydroxylation is 1. The van der Waals surface area contributed by atoms with E-state index in [-0.39, 0.29) is 12.5 Å². The Kier molecular flexibility index (Phi) is 5.06. The van der Waals surface area contributed by atoms with Crippen molar-refractivity contribution in [2.45, 2.75) is 13.3 Å². The minimum Gasteiger partial charge on any atom is -0.482 e. The van der Waals surface area contributed by atoms with Gasteiger partial charge >= 0.3 is 0 Å². The van der Waals surface area contributed by atoms with E-state index in [1.165, 1.54) is 10.9 Å². The summed E-state index contributed by atoms with van der Waals surface area (Å²) in [5.41, 5.74) is 3.33. The van der Waals surface area contributed by atoms with Gasteiger partial charge in [-0.2, -0.15) is 0 Å². The summed E-state index contributed by atoms with van der Waals surface area (Å²) in [4.78, 5) is 15.2. The topological polar surface area (TPSA) is 54.1 Å². The second kappa shape index (κ2) is 7.41. The van der Waals surface area contributed by atoms with Gasteiger partial charge < -0.3 is 15.0 Å². The smallest absolute Gasteiger partial charge is 0.257 e. The second-order valence-electron chi connectivity index (χ2n) is 5.68. The zero-order valence-corrected chi connectivity index (χ0v) is 14.2. The number of rotatable bonds is 6. The normalized spacial score (nSPS) is 10.8. The first-order valence-electron chi connectivity index (χ1n) is 7.84. The van der Waals surface area contributed by atoms with E-state index in [1.54, 1.807) is 6.07 Å². The fourth-order valence-corrected chi connectivity index (χ4v) is 2.76. The highest BCUT2D eigenvalue weighted by Gasteiger charge is 2.07. The first-order chi connectivity index (χ1) is 11.6. The van der Waals surface area contributed by atoms with Gasteiger partial charge in [0.1, 0.15) is 5.75 Å². The van der Waals surface area contributed by atoms with Gasteiger partial charge in [0, 0.05) is 23.6 Å². The van der Waals surface area contributed by atoms with Crippen LogP contribution in [0.15, 0.2) is 48.7 Å². The summed E-state index contributed by atoms with van der Waals surface area (Å²) in [6.07, 6.45) is 2.75. The summed E-state index contributed by atoms with van der Waals surface area (Å²) in [5.74, 6) is 0.371. The van der Waals surface area contributed by atoms with E-state index in [1.807, 2.05) is 43.5 Å². The number of para-hydroxylation sites is 1. The van der Waals surface area contributed by atoms with Crippen molar-refractivity contribution < 1.29 is 9.53 Å². The van der Waals surface area contributed by atoms with Crippen molar-refractivity contribution in [2.24, 2.45) is 0 Å². The van der Waals surface area contributed by atoms with Crippen LogP contribution in [0.1, 0.15) is 11.1 Å². The van der Waals surface area contributed by atoms with Gasteiger partial charge in [0.05, 0.1) is 5.02 Å². The molecule has 2 N–H and O–H groups in total. The molecule has 124 valence electrons. The van der Waals surface area contributed by atoms with Crippen LogP contribution in [0, 0.1) is 6.92 Å². The molecule has 0 unspecified atom stereocenters. The van der Waals surface area contributed by atoms with Crippen molar-refractivity contribution in [3.8, 4) is 5.75 Å². The minimum absolute atomic E-state index is 0.0446. The predicted octanol–water partition coefficient (Wildman–Crippen LogP) is 3.87. The summed E-state index contributed by atoms with van der Waals surface area (Å²) in [6, 6.07) is 13.6. The molecule has 24 heavy (non-hydrogen) atoms. The monoisotopic (exact) mass is 342 g/mol. The molecule has 1 amide bonds. The fourth-order valence-electron chi connectivity index (χ4n) is 2.59. The molecule has 1 heterocycles. The van der Waals surface area contributed by atoms with Gasteiger partial charge in [0.2, 0.25) is 0 Å². The Hall–Kier alpha value is -2.46. The van der Waals surface area contributed by atoms with Crippen LogP contribution in [-0.4, -0.2) is 24.0 Å². The summed E-state index contributed by atoms with van der Waals surface area (Å²) in [7, 11) is 0. The average Bonchev–Trinajstić information content (AvgIpc) is 2.99. The van der Waals surface area contributed by atoms with E-state index in [0.717, 1.165) is 17.5 Å². The molecule has 0 bridgehead atoms. The number of carbonyl (C=O) groups excluding carboxylic acids is 1. The number of hydrogen-bond acceptors (Lipinski definition) is 2. The fraction of sp³-hybridized carbons (Fsp3) is 0.211. The third kappa shape index (κ3) is 3.89. The number of H-pyrrole nitrogens is 1. The van der Waals surface area contributed by atoms with Gasteiger partial charge in [0.25, 0.3) is 5.91 Å². The molecule has 5 heteroatoms. The highest BCUT2D eigenvalue weighted by Crippen LogP contribution is 2.25. The zero-order chi connectivity index (χ0) is 16.9. The third-order valence-corrected chi connectivity index (χ3v) is 4.15. The highest BCUT2D eigenvalue weighted by atomic mass is 35.5. The summed E-state index contributed by atoms with van der Waals surface area (Å²) < 4.78 is 5.49. The summed E-state index contributed by atoms with van der Waals surface area (Å²) in [5, 5.41) is 4.57. The van der Waals surface area contributed by atoms with E-state index < -0.39 is 0 Å². The van der Waals surface area contributed by atoms with Gasteiger partial charge in [0.15, 0.2) is 6.61 Å². The zero-order valence-electron chi connectivity index (χ0n) is 13.4. The maximum Gasteiger partial charge on any atom is 0.257 e. The lowest BCUT2D eigenvalue weighted by Crippen LogP contribution is -2.30. The largest absolute Gasteiger partial charge is 0.482 e. The molecule has 4 nitrogen and oxygen atoms in total. The van der Waals surface area contributed by atoms with Gasteiger partial charge in [-0.15, -0.1) is 0 Å². The number of amides is 1. The van der Waals surface area contributed by atoms with Crippen molar-refractivity contribution >= 4 is 28.4 Å². The quantitative estimate of drug-likeness (QED) is 0.714. The Morgan fingerprint density at radius 1 is 1.25 bits per heavy atom. The number of carbonyl (C=O) groups is 1. The van der Waals surface area contributed by atoms with Crippen LogP contribution in [0.25, 0.3) is 10.9 Å². The standard InChI is InChI=1S/C19H19ClN2O2/c1-13-6-7-16(20)18(10-13)24-12-19(23)21-9-8-14-11-22-17-5-3-2-4-15(14)17/h2-7,10-11,22H,8-9,12H2,1H3,(H,21,23). The van der Waals surface area contributed by atoms with Crippen LogP contribution >= 0.6 is 11.6 Å². The Morgan fingerprint density at radius 2 is 2.08 bits per heavy atom. The van der Waals surface area contributed by atoms with Crippen LogP contribution in [0.2, 0.25) is 5.02 Å².